The third-order valence-electron chi connectivity index (χ3n) is 2.24. The normalized spacial score (nSPS) is 34.1. The van der Waals surface area contributed by atoms with E-state index in [-0.39, 0.29) is 18.2 Å². The molecule has 0 aliphatic carbocycles. The third-order valence-corrected chi connectivity index (χ3v) is 2.24. The van der Waals surface area contributed by atoms with Crippen molar-refractivity contribution in [2.24, 2.45) is 0 Å². The molecule has 2 unspecified atom stereocenters. The van der Waals surface area contributed by atoms with E-state index in [1.807, 2.05) is 6.92 Å². The first-order chi connectivity index (χ1) is 5.16. The van der Waals surface area contributed by atoms with Crippen molar-refractivity contribution in [2.45, 2.75) is 31.8 Å². The molecule has 11 heavy (non-hydrogen) atoms. The van der Waals surface area contributed by atoms with Crippen molar-refractivity contribution in [2.75, 3.05) is 19.7 Å². The molecule has 0 radical (unpaired) electrons. The first-order valence-electron chi connectivity index (χ1n) is 4.25. The lowest BCUT2D eigenvalue weighted by Crippen LogP contribution is -2.49. The summed E-state index contributed by atoms with van der Waals surface area (Å²) in [4.78, 5) is 0. The summed E-state index contributed by atoms with van der Waals surface area (Å²) in [5.41, 5.74) is 0.197. The zero-order valence-corrected chi connectivity index (χ0v) is 7.35. The molecule has 3 nitrogen and oxygen atoms in total. The Morgan fingerprint density at radius 2 is 2.45 bits per heavy atom. The predicted octanol–water partition coefficient (Wildman–Crippen LogP) is -0.291. The highest BCUT2D eigenvalue weighted by Gasteiger charge is 2.28. The van der Waals surface area contributed by atoms with E-state index in [9.17, 15) is 0 Å². The first-order valence-corrected chi connectivity index (χ1v) is 4.25. The fourth-order valence-corrected chi connectivity index (χ4v) is 1.58. The summed E-state index contributed by atoms with van der Waals surface area (Å²) >= 11 is 0. The van der Waals surface area contributed by atoms with Crippen LogP contribution in [0.3, 0.4) is 0 Å². The largest absolute Gasteiger partial charge is 0.395 e. The Balaban J connectivity index is 2.33. The smallest absolute Gasteiger partial charge is 0.0582 e. The molecular formula is C8H18N2O. The second kappa shape index (κ2) is 3.52. The molecule has 1 aliphatic rings. The highest BCUT2D eigenvalue weighted by molar-refractivity contribution is 4.92. The maximum absolute atomic E-state index is 8.83. The Morgan fingerprint density at radius 3 is 2.91 bits per heavy atom. The van der Waals surface area contributed by atoms with Crippen LogP contribution in [-0.4, -0.2) is 36.4 Å². The summed E-state index contributed by atoms with van der Waals surface area (Å²) < 4.78 is 0. The van der Waals surface area contributed by atoms with Gasteiger partial charge in [-0.15, -0.1) is 0 Å². The molecule has 1 fully saturated rings. The van der Waals surface area contributed by atoms with Crippen molar-refractivity contribution in [3.05, 3.63) is 0 Å². The van der Waals surface area contributed by atoms with Crippen molar-refractivity contribution in [3.63, 3.8) is 0 Å². The van der Waals surface area contributed by atoms with Crippen LogP contribution in [-0.2, 0) is 0 Å². The van der Waals surface area contributed by atoms with Crippen LogP contribution >= 0.6 is 0 Å². The topological polar surface area (TPSA) is 44.3 Å². The molecule has 0 aromatic heterocycles. The molecule has 0 amide bonds. The third kappa shape index (κ3) is 2.43. The average molecular weight is 158 g/mol. The minimum Gasteiger partial charge on any atom is -0.395 e. The van der Waals surface area contributed by atoms with E-state index in [0.717, 1.165) is 19.5 Å². The van der Waals surface area contributed by atoms with Gasteiger partial charge in [0.15, 0.2) is 0 Å². The van der Waals surface area contributed by atoms with E-state index in [1.165, 1.54) is 0 Å². The van der Waals surface area contributed by atoms with Gasteiger partial charge in [0.05, 0.1) is 6.61 Å². The lowest BCUT2D eigenvalue weighted by atomic mass is 10.0. The number of aliphatic hydroxyl groups is 1. The van der Waals surface area contributed by atoms with Crippen LogP contribution in [0.15, 0.2) is 0 Å². The number of nitrogens with one attached hydrogen (secondary N) is 2. The highest BCUT2D eigenvalue weighted by Crippen LogP contribution is 2.13. The van der Waals surface area contributed by atoms with Crippen molar-refractivity contribution in [3.8, 4) is 0 Å². The van der Waals surface area contributed by atoms with E-state index in [0.29, 0.717) is 0 Å². The zero-order valence-electron chi connectivity index (χ0n) is 7.35. The molecule has 0 aromatic carbocycles. The number of aliphatic hydroxyl groups excluding tert-OH is 1. The second-order valence-corrected chi connectivity index (χ2v) is 3.72. The van der Waals surface area contributed by atoms with Crippen LogP contribution in [0.5, 0.6) is 0 Å². The molecule has 1 heterocycles. The molecule has 0 bridgehead atoms. The van der Waals surface area contributed by atoms with Gasteiger partial charge in [-0.1, -0.05) is 0 Å². The monoisotopic (exact) mass is 158 g/mol. The minimum absolute atomic E-state index is 0.197. The van der Waals surface area contributed by atoms with Gasteiger partial charge in [-0.3, -0.25) is 0 Å². The van der Waals surface area contributed by atoms with Crippen LogP contribution < -0.4 is 10.6 Å². The Bertz CT molecular complexity index is 121. The Morgan fingerprint density at radius 1 is 1.73 bits per heavy atom. The first kappa shape index (κ1) is 8.97. The fraction of sp³-hybridized carbons (Fsp3) is 1.00. The van der Waals surface area contributed by atoms with Gasteiger partial charge in [0.1, 0.15) is 0 Å². The van der Waals surface area contributed by atoms with Gasteiger partial charge in [-0.25, -0.2) is 0 Å². The molecule has 0 saturated carbocycles. The van der Waals surface area contributed by atoms with Gasteiger partial charge >= 0.3 is 0 Å². The number of hydrogen-bond acceptors (Lipinski definition) is 3. The Hall–Kier alpha value is -0.120. The fourth-order valence-electron chi connectivity index (χ4n) is 1.58. The highest BCUT2D eigenvalue weighted by atomic mass is 16.3. The molecule has 1 rings (SSSR count). The van der Waals surface area contributed by atoms with Crippen LogP contribution in [0.2, 0.25) is 0 Å². The zero-order chi connectivity index (χ0) is 8.32. The summed E-state index contributed by atoms with van der Waals surface area (Å²) in [7, 11) is 0. The molecule has 0 aromatic rings. The van der Waals surface area contributed by atoms with Gasteiger partial charge in [0.2, 0.25) is 0 Å². The summed E-state index contributed by atoms with van der Waals surface area (Å²) in [6, 6.07) is 0.208. The van der Waals surface area contributed by atoms with E-state index in [2.05, 4.69) is 17.6 Å². The number of rotatable bonds is 3. The van der Waals surface area contributed by atoms with E-state index in [4.69, 9.17) is 5.11 Å². The van der Waals surface area contributed by atoms with E-state index in [1.54, 1.807) is 0 Å². The molecule has 2 atom stereocenters. The molecule has 3 heteroatoms. The summed E-state index contributed by atoms with van der Waals surface area (Å²) in [6.07, 6.45) is 1.15. The number of hydrogen-bond donors (Lipinski definition) is 3. The van der Waals surface area contributed by atoms with Crippen molar-refractivity contribution >= 4 is 0 Å². The Kier molecular flexibility index (Phi) is 2.87. The average Bonchev–Trinajstić information content (AvgIpc) is 2.36. The van der Waals surface area contributed by atoms with Crippen molar-refractivity contribution in [1.29, 1.82) is 0 Å². The standard InChI is InChI=1S/C8H18N2O/c1-7(5-11)10-8(2)3-4-9-6-8/h7,9-11H,3-6H2,1-2H3. The van der Waals surface area contributed by atoms with Gasteiger partial charge in [-0.2, -0.15) is 0 Å². The molecule has 0 spiro atoms. The van der Waals surface area contributed by atoms with Gasteiger partial charge in [0, 0.05) is 18.1 Å². The summed E-state index contributed by atoms with van der Waals surface area (Å²) in [6.45, 7) is 6.51. The quantitative estimate of drug-likeness (QED) is 0.529. The molecule has 1 aliphatic heterocycles. The summed E-state index contributed by atoms with van der Waals surface area (Å²) in [5.74, 6) is 0. The maximum atomic E-state index is 8.83. The molecule has 66 valence electrons. The predicted molar refractivity (Wildman–Crippen MR) is 45.6 cm³/mol. The van der Waals surface area contributed by atoms with Crippen LogP contribution in [0, 0.1) is 0 Å². The maximum Gasteiger partial charge on any atom is 0.0582 e. The second-order valence-electron chi connectivity index (χ2n) is 3.72. The molecular weight excluding hydrogens is 140 g/mol. The van der Waals surface area contributed by atoms with Gasteiger partial charge in [0.25, 0.3) is 0 Å². The van der Waals surface area contributed by atoms with E-state index < -0.39 is 0 Å². The summed E-state index contributed by atoms with van der Waals surface area (Å²) in [5, 5.41) is 15.5. The lowest BCUT2D eigenvalue weighted by Gasteiger charge is -2.28. The van der Waals surface area contributed by atoms with E-state index >= 15 is 0 Å². The Labute approximate surface area is 68.2 Å². The van der Waals surface area contributed by atoms with Crippen LogP contribution in [0.1, 0.15) is 20.3 Å². The molecule has 3 N–H and O–H groups in total. The minimum atomic E-state index is 0.197. The van der Waals surface area contributed by atoms with Crippen molar-refractivity contribution < 1.29 is 5.11 Å². The molecule has 1 saturated heterocycles. The van der Waals surface area contributed by atoms with Crippen molar-refractivity contribution in [1.82, 2.24) is 10.6 Å². The lowest BCUT2D eigenvalue weighted by molar-refractivity contribution is 0.219. The van der Waals surface area contributed by atoms with Crippen LogP contribution in [0.25, 0.3) is 0 Å². The SMILES string of the molecule is CC(CO)NC1(C)CCNC1. The van der Waals surface area contributed by atoms with Crippen LogP contribution in [0.4, 0.5) is 0 Å². The van der Waals surface area contributed by atoms with Gasteiger partial charge in [-0.05, 0) is 26.8 Å². The van der Waals surface area contributed by atoms with Gasteiger partial charge < -0.3 is 15.7 Å².